The smallest absolute Gasteiger partial charge is 0.338 e. The summed E-state index contributed by atoms with van der Waals surface area (Å²) in [4.78, 5) is 87.5. The van der Waals surface area contributed by atoms with Gasteiger partial charge in [0.15, 0.2) is 0 Å². The van der Waals surface area contributed by atoms with Gasteiger partial charge in [-0.05, 0) is 86.8 Å². The first-order valence-corrected chi connectivity index (χ1v) is 16.2. The number of hydrogen-bond donors (Lipinski definition) is 3. The average molecular weight is 678 g/mol. The number of allylic oxidation sites excluding steroid dienone is 1. The number of methoxy groups -OCH3 is 2. The van der Waals surface area contributed by atoms with E-state index in [1.54, 1.807) is 0 Å². The van der Waals surface area contributed by atoms with Crippen molar-refractivity contribution in [3.8, 4) is 0 Å². The fourth-order valence-electron chi connectivity index (χ4n) is 7.63. The molecule has 260 valence electrons. The van der Waals surface area contributed by atoms with Gasteiger partial charge in [0.2, 0.25) is 11.8 Å². The molecule has 3 amide bonds. The van der Waals surface area contributed by atoms with Crippen LogP contribution in [-0.4, -0.2) is 65.5 Å². The molecule has 4 saturated carbocycles. The number of carbonyl (C=O) groups excluding carboxylic acids is 5. The number of non-ortho nitro benzene ring substituents is 1. The second kappa shape index (κ2) is 15.3. The van der Waals surface area contributed by atoms with E-state index in [-0.39, 0.29) is 48.1 Å². The number of ether oxygens (including phenoxy) is 2. The molecule has 0 aliphatic heterocycles. The van der Waals surface area contributed by atoms with Gasteiger partial charge in [0.1, 0.15) is 18.3 Å². The molecule has 15 heteroatoms. The van der Waals surface area contributed by atoms with Crippen molar-refractivity contribution in [2.24, 2.45) is 23.7 Å². The van der Waals surface area contributed by atoms with Crippen LogP contribution >= 0.6 is 0 Å². The molecule has 1 atom stereocenters. The number of pyridine rings is 1. The van der Waals surface area contributed by atoms with Crippen LogP contribution in [0.5, 0.6) is 0 Å². The van der Waals surface area contributed by atoms with Crippen LogP contribution < -0.4 is 21.5 Å². The topological polar surface area (TPSA) is 205 Å². The summed E-state index contributed by atoms with van der Waals surface area (Å²) in [5.74, 6) is -1.11. The third-order valence-corrected chi connectivity index (χ3v) is 9.66. The molecule has 4 fully saturated rings. The number of esters is 2. The van der Waals surface area contributed by atoms with Gasteiger partial charge in [-0.2, -0.15) is 0 Å². The highest BCUT2D eigenvalue weighted by molar-refractivity contribution is 6.03. The Morgan fingerprint density at radius 2 is 1.67 bits per heavy atom. The van der Waals surface area contributed by atoms with Crippen molar-refractivity contribution in [3.05, 3.63) is 80.3 Å². The molecule has 0 saturated heterocycles. The van der Waals surface area contributed by atoms with Crippen LogP contribution in [0.4, 0.5) is 11.4 Å². The lowest BCUT2D eigenvalue weighted by atomic mass is 9.54. The fraction of sp³-hybridized carbons (Fsp3) is 0.471. The molecule has 4 aliphatic rings. The molecule has 6 rings (SSSR count). The van der Waals surface area contributed by atoms with E-state index in [0.29, 0.717) is 11.8 Å². The summed E-state index contributed by atoms with van der Waals surface area (Å²) in [6.45, 7) is -0.237. The molecule has 1 heterocycles. The maximum atomic E-state index is 13.5. The van der Waals surface area contributed by atoms with Gasteiger partial charge in [-0.15, -0.1) is 0 Å². The van der Waals surface area contributed by atoms with Gasteiger partial charge < -0.3 is 30.0 Å². The summed E-state index contributed by atoms with van der Waals surface area (Å²) in [6.07, 6.45) is 9.88. The Bertz CT molecular complexity index is 1710. The molecule has 3 N–H and O–H groups in total. The van der Waals surface area contributed by atoms with Crippen LogP contribution in [-0.2, 0) is 30.4 Å². The standard InChI is InChI=1S/C34H39N5O10/c1-48-29(41)8-4-3-6-26(35-31(42)23-15-24(34(45)49-2)17-25(16-23)39(46)47)32(43)36-27-7-5-9-38(33(27)44)18-28(40)37-30-21-11-19-10-20(13-21)14-22(30)12-19/h4-5,7-9,15-17,19-22,26,30H,3,6,10-14,18H2,1-2H3,(H,35,42)(H,36,43)(H,37,40)/b8-4+/t19?,20?,21?,22?,26-,30?/m0/s1. The first-order chi connectivity index (χ1) is 23.4. The zero-order chi connectivity index (χ0) is 35.2. The highest BCUT2D eigenvalue weighted by atomic mass is 16.6. The molecule has 1 aromatic heterocycles. The number of nitro groups is 1. The Kier molecular flexibility index (Phi) is 10.9. The van der Waals surface area contributed by atoms with Crippen molar-refractivity contribution in [1.82, 2.24) is 15.2 Å². The SMILES string of the molecule is COC(=O)/C=C/CC[C@H](NC(=O)c1cc(C(=O)OC)cc([N+](=O)[O-])c1)C(=O)Nc1cccn(CC(=O)NC2C3CC4CC(C3)CC2C4)c1=O. The van der Waals surface area contributed by atoms with Crippen LogP contribution in [0, 0.1) is 33.8 Å². The summed E-state index contributed by atoms with van der Waals surface area (Å²) < 4.78 is 10.4. The number of aromatic nitrogens is 1. The molecule has 0 radical (unpaired) electrons. The van der Waals surface area contributed by atoms with Crippen molar-refractivity contribution in [2.75, 3.05) is 19.5 Å². The van der Waals surface area contributed by atoms with Gasteiger partial charge in [-0.3, -0.25) is 29.3 Å². The Morgan fingerprint density at radius 3 is 2.31 bits per heavy atom. The van der Waals surface area contributed by atoms with Gasteiger partial charge in [0.25, 0.3) is 17.2 Å². The fourth-order valence-corrected chi connectivity index (χ4v) is 7.63. The Labute approximate surface area is 281 Å². The van der Waals surface area contributed by atoms with Crippen LogP contribution in [0.25, 0.3) is 0 Å². The molecule has 15 nitrogen and oxygen atoms in total. The number of nitro benzene ring substituents is 1. The van der Waals surface area contributed by atoms with Crippen LogP contribution in [0.15, 0.2) is 53.5 Å². The summed E-state index contributed by atoms with van der Waals surface area (Å²) in [6, 6.07) is 4.66. The first kappa shape index (κ1) is 35.0. The van der Waals surface area contributed by atoms with E-state index in [2.05, 4.69) is 25.4 Å². The van der Waals surface area contributed by atoms with Gasteiger partial charge in [-0.1, -0.05) is 6.08 Å². The van der Waals surface area contributed by atoms with Gasteiger partial charge in [0, 0.05) is 36.0 Å². The van der Waals surface area contributed by atoms with Crippen LogP contribution in [0.1, 0.15) is 65.7 Å². The van der Waals surface area contributed by atoms with E-state index in [0.717, 1.165) is 68.9 Å². The van der Waals surface area contributed by atoms with Gasteiger partial charge in [0.05, 0.1) is 24.7 Å². The second-order valence-corrected chi connectivity index (χ2v) is 12.9. The first-order valence-electron chi connectivity index (χ1n) is 16.2. The van der Waals surface area contributed by atoms with Crippen LogP contribution in [0.3, 0.4) is 0 Å². The summed E-state index contributed by atoms with van der Waals surface area (Å²) in [5, 5.41) is 19.7. The molecule has 4 bridgehead atoms. The molecular formula is C34H39N5O10. The number of hydrogen-bond acceptors (Lipinski definition) is 10. The van der Waals surface area contributed by atoms with Crippen molar-refractivity contribution in [3.63, 3.8) is 0 Å². The predicted octanol–water partition coefficient (Wildman–Crippen LogP) is 2.73. The van der Waals surface area contributed by atoms with Gasteiger partial charge >= 0.3 is 11.9 Å². The third kappa shape index (κ3) is 8.39. The zero-order valence-electron chi connectivity index (χ0n) is 27.2. The summed E-state index contributed by atoms with van der Waals surface area (Å²) >= 11 is 0. The van der Waals surface area contributed by atoms with E-state index in [1.807, 2.05) is 0 Å². The van der Waals surface area contributed by atoms with E-state index < -0.39 is 46.0 Å². The monoisotopic (exact) mass is 677 g/mol. The lowest BCUT2D eigenvalue weighted by Gasteiger charge is -2.54. The molecule has 0 spiro atoms. The van der Waals surface area contributed by atoms with Crippen LogP contribution in [0.2, 0.25) is 0 Å². The highest BCUT2D eigenvalue weighted by Gasteiger charge is 2.48. The minimum Gasteiger partial charge on any atom is -0.466 e. The number of anilines is 1. The highest BCUT2D eigenvalue weighted by Crippen LogP contribution is 2.53. The third-order valence-electron chi connectivity index (χ3n) is 9.66. The predicted molar refractivity (Wildman–Crippen MR) is 174 cm³/mol. The minimum absolute atomic E-state index is 0.0568. The lowest BCUT2D eigenvalue weighted by molar-refractivity contribution is -0.384. The van der Waals surface area contributed by atoms with Crippen molar-refractivity contribution >= 4 is 41.0 Å². The molecular weight excluding hydrogens is 638 g/mol. The Morgan fingerprint density at radius 1 is 1.00 bits per heavy atom. The zero-order valence-corrected chi connectivity index (χ0v) is 27.2. The second-order valence-electron chi connectivity index (χ2n) is 12.9. The molecule has 49 heavy (non-hydrogen) atoms. The van der Waals surface area contributed by atoms with Gasteiger partial charge in [-0.25, -0.2) is 9.59 Å². The van der Waals surface area contributed by atoms with E-state index in [4.69, 9.17) is 0 Å². The Hall–Kier alpha value is -5.34. The number of benzene rings is 1. The van der Waals surface area contributed by atoms with E-state index in [1.165, 1.54) is 42.5 Å². The molecule has 0 unspecified atom stereocenters. The summed E-state index contributed by atoms with van der Waals surface area (Å²) in [7, 11) is 2.28. The number of rotatable bonds is 13. The maximum absolute atomic E-state index is 13.5. The van der Waals surface area contributed by atoms with Crippen molar-refractivity contribution in [2.45, 2.75) is 63.6 Å². The Balaban J connectivity index is 1.29. The number of nitrogens with zero attached hydrogens (tertiary/aromatic N) is 2. The number of amides is 3. The average Bonchev–Trinajstić information content (AvgIpc) is 3.08. The molecule has 2 aromatic rings. The normalized spacial score (nSPS) is 22.6. The lowest BCUT2D eigenvalue weighted by Crippen LogP contribution is -2.56. The molecule has 4 aliphatic carbocycles. The quantitative estimate of drug-likeness (QED) is 0.122. The van der Waals surface area contributed by atoms with Crippen molar-refractivity contribution in [1.29, 1.82) is 0 Å². The number of carbonyl (C=O) groups is 5. The minimum atomic E-state index is -1.30. The molecule has 1 aromatic carbocycles. The van der Waals surface area contributed by atoms with Crippen molar-refractivity contribution < 1.29 is 38.4 Å². The maximum Gasteiger partial charge on any atom is 0.338 e. The number of nitrogens with one attached hydrogen (secondary N) is 3. The largest absolute Gasteiger partial charge is 0.466 e. The van der Waals surface area contributed by atoms with E-state index in [9.17, 15) is 38.9 Å². The summed E-state index contributed by atoms with van der Waals surface area (Å²) in [5.41, 5.74) is -1.85. The van der Waals surface area contributed by atoms with E-state index >= 15 is 0 Å².